The Hall–Kier alpha value is -0.830. The minimum Gasteiger partial charge on any atom is -0.393 e. The predicted octanol–water partition coefficient (Wildman–Crippen LogP) is 2.70. The molecule has 0 amide bonds. The zero-order valence-electron chi connectivity index (χ0n) is 10.4. The van der Waals surface area contributed by atoms with Gasteiger partial charge in [-0.3, -0.25) is 4.68 Å². The molecule has 94 valence electrons. The van der Waals surface area contributed by atoms with Crippen LogP contribution in [0.5, 0.6) is 0 Å². The van der Waals surface area contributed by atoms with E-state index in [9.17, 15) is 5.11 Å². The number of hydrogen-bond donors (Lipinski definition) is 1. The lowest BCUT2D eigenvalue weighted by Gasteiger charge is -2.10. The third-order valence-electron chi connectivity index (χ3n) is 4.11. The molecule has 2 aliphatic rings. The normalized spacial score (nSPS) is 23.1. The Labute approximate surface area is 103 Å². The zero-order chi connectivity index (χ0) is 11.7. The Bertz CT molecular complexity index is 364. The molecule has 1 heterocycles. The molecular formula is C14H22N2O. The van der Waals surface area contributed by atoms with Crippen molar-refractivity contribution in [1.82, 2.24) is 9.78 Å². The fourth-order valence-corrected chi connectivity index (χ4v) is 2.92. The van der Waals surface area contributed by atoms with Crippen molar-refractivity contribution in [3.05, 3.63) is 18.0 Å². The van der Waals surface area contributed by atoms with Crippen molar-refractivity contribution < 1.29 is 5.11 Å². The second kappa shape index (κ2) is 4.81. The quantitative estimate of drug-likeness (QED) is 0.850. The van der Waals surface area contributed by atoms with E-state index in [1.165, 1.54) is 38.5 Å². The van der Waals surface area contributed by atoms with E-state index < -0.39 is 0 Å². The smallest absolute Gasteiger partial charge is 0.0650 e. The van der Waals surface area contributed by atoms with E-state index in [1.807, 2.05) is 0 Å². The Morgan fingerprint density at radius 1 is 1.29 bits per heavy atom. The van der Waals surface area contributed by atoms with Crippen LogP contribution in [0.3, 0.4) is 0 Å². The van der Waals surface area contributed by atoms with E-state index in [2.05, 4.69) is 22.0 Å². The molecule has 2 aliphatic carbocycles. The lowest BCUT2D eigenvalue weighted by Crippen LogP contribution is -2.12. The molecule has 0 spiro atoms. The molecule has 17 heavy (non-hydrogen) atoms. The third-order valence-corrected chi connectivity index (χ3v) is 4.11. The van der Waals surface area contributed by atoms with E-state index in [4.69, 9.17) is 0 Å². The second-order valence-corrected chi connectivity index (χ2v) is 5.76. The summed E-state index contributed by atoms with van der Waals surface area (Å²) in [4.78, 5) is 0. The van der Waals surface area contributed by atoms with Crippen LogP contribution in [-0.2, 0) is 6.42 Å². The summed E-state index contributed by atoms with van der Waals surface area (Å²) in [6.45, 7) is 0. The van der Waals surface area contributed by atoms with Gasteiger partial charge in [-0.05, 0) is 31.2 Å². The van der Waals surface area contributed by atoms with Crippen molar-refractivity contribution in [3.8, 4) is 0 Å². The lowest BCUT2D eigenvalue weighted by atomic mass is 10.1. The summed E-state index contributed by atoms with van der Waals surface area (Å²) >= 11 is 0. The van der Waals surface area contributed by atoms with Gasteiger partial charge in [0, 0.05) is 12.6 Å². The minimum atomic E-state index is -0.186. The van der Waals surface area contributed by atoms with Crippen LogP contribution in [0.25, 0.3) is 0 Å². The average Bonchev–Trinajstić information content (AvgIpc) is 2.84. The van der Waals surface area contributed by atoms with Crippen LogP contribution in [0, 0.1) is 5.92 Å². The van der Waals surface area contributed by atoms with E-state index in [1.54, 1.807) is 0 Å². The van der Waals surface area contributed by atoms with Gasteiger partial charge in [-0.25, -0.2) is 0 Å². The summed E-state index contributed by atoms with van der Waals surface area (Å²) in [6.07, 6.45) is 11.4. The standard InChI is InChI=1S/C14H22N2O/c17-14(9-11-5-6-11)10-12-7-8-16(15-12)13-3-1-2-4-13/h7-8,11,13-14,17H,1-6,9-10H2. The Balaban J connectivity index is 1.55. The van der Waals surface area contributed by atoms with Gasteiger partial charge in [0.05, 0.1) is 17.8 Å². The maximum absolute atomic E-state index is 9.94. The van der Waals surface area contributed by atoms with Crippen molar-refractivity contribution in [2.24, 2.45) is 5.92 Å². The summed E-state index contributed by atoms with van der Waals surface area (Å²) in [5.41, 5.74) is 1.06. The van der Waals surface area contributed by atoms with E-state index >= 15 is 0 Å². The van der Waals surface area contributed by atoms with Crippen LogP contribution < -0.4 is 0 Å². The minimum absolute atomic E-state index is 0.186. The summed E-state index contributed by atoms with van der Waals surface area (Å²) < 4.78 is 2.12. The van der Waals surface area contributed by atoms with E-state index in [0.717, 1.165) is 24.5 Å². The van der Waals surface area contributed by atoms with Crippen LogP contribution in [0.2, 0.25) is 0 Å². The molecule has 1 atom stereocenters. The number of nitrogens with zero attached hydrogens (tertiary/aromatic N) is 2. The molecule has 0 saturated heterocycles. The molecular weight excluding hydrogens is 212 g/mol. The van der Waals surface area contributed by atoms with E-state index in [-0.39, 0.29) is 6.10 Å². The molecule has 2 fully saturated rings. The summed E-state index contributed by atoms with van der Waals surface area (Å²) in [6, 6.07) is 2.69. The molecule has 1 aromatic rings. The first-order valence-electron chi connectivity index (χ1n) is 7.03. The molecule has 1 unspecified atom stereocenters. The van der Waals surface area contributed by atoms with Gasteiger partial charge in [0.1, 0.15) is 0 Å². The van der Waals surface area contributed by atoms with Crippen molar-refractivity contribution >= 4 is 0 Å². The first-order chi connectivity index (χ1) is 8.31. The molecule has 3 nitrogen and oxygen atoms in total. The van der Waals surface area contributed by atoms with Crippen molar-refractivity contribution in [2.75, 3.05) is 0 Å². The molecule has 1 N–H and O–H groups in total. The summed E-state index contributed by atoms with van der Waals surface area (Å²) in [5, 5.41) is 14.6. The predicted molar refractivity (Wildman–Crippen MR) is 66.8 cm³/mol. The van der Waals surface area contributed by atoms with Crippen molar-refractivity contribution in [3.63, 3.8) is 0 Å². The van der Waals surface area contributed by atoms with Gasteiger partial charge < -0.3 is 5.11 Å². The van der Waals surface area contributed by atoms with Gasteiger partial charge >= 0.3 is 0 Å². The van der Waals surface area contributed by atoms with E-state index in [0.29, 0.717) is 6.04 Å². The molecule has 0 radical (unpaired) electrons. The SMILES string of the molecule is OC(Cc1ccn(C2CCCC2)n1)CC1CC1. The summed E-state index contributed by atoms with van der Waals surface area (Å²) in [5.74, 6) is 0.793. The van der Waals surface area contributed by atoms with Gasteiger partial charge in [0.25, 0.3) is 0 Å². The van der Waals surface area contributed by atoms with Gasteiger partial charge in [-0.15, -0.1) is 0 Å². The highest BCUT2D eigenvalue weighted by Crippen LogP contribution is 2.34. The molecule has 3 heteroatoms. The molecule has 0 aromatic carbocycles. The van der Waals surface area contributed by atoms with Gasteiger partial charge in [-0.2, -0.15) is 5.10 Å². The highest BCUT2D eigenvalue weighted by molar-refractivity contribution is 5.02. The van der Waals surface area contributed by atoms with Crippen LogP contribution in [-0.4, -0.2) is 21.0 Å². The number of aliphatic hydroxyl groups excluding tert-OH is 1. The number of aromatic nitrogens is 2. The second-order valence-electron chi connectivity index (χ2n) is 5.76. The Kier molecular flexibility index (Phi) is 3.19. The van der Waals surface area contributed by atoms with Crippen molar-refractivity contribution in [2.45, 2.75) is 63.5 Å². The number of aliphatic hydroxyl groups is 1. The van der Waals surface area contributed by atoms with Gasteiger partial charge in [0.2, 0.25) is 0 Å². The van der Waals surface area contributed by atoms with Gasteiger partial charge in [-0.1, -0.05) is 25.7 Å². The number of rotatable bonds is 5. The topological polar surface area (TPSA) is 38.0 Å². The average molecular weight is 234 g/mol. The van der Waals surface area contributed by atoms with Gasteiger partial charge in [0.15, 0.2) is 0 Å². The molecule has 0 aliphatic heterocycles. The van der Waals surface area contributed by atoms with Crippen LogP contribution in [0.4, 0.5) is 0 Å². The molecule has 0 bridgehead atoms. The monoisotopic (exact) mass is 234 g/mol. The van der Waals surface area contributed by atoms with Crippen LogP contribution >= 0.6 is 0 Å². The first kappa shape index (κ1) is 11.3. The van der Waals surface area contributed by atoms with Crippen molar-refractivity contribution in [1.29, 1.82) is 0 Å². The molecule has 3 rings (SSSR count). The van der Waals surface area contributed by atoms with Crippen LogP contribution in [0.15, 0.2) is 12.3 Å². The fraction of sp³-hybridized carbons (Fsp3) is 0.786. The largest absolute Gasteiger partial charge is 0.393 e. The maximum Gasteiger partial charge on any atom is 0.0650 e. The fourth-order valence-electron chi connectivity index (χ4n) is 2.92. The Morgan fingerprint density at radius 2 is 2.06 bits per heavy atom. The highest BCUT2D eigenvalue weighted by atomic mass is 16.3. The van der Waals surface area contributed by atoms with Crippen LogP contribution in [0.1, 0.15) is 56.7 Å². The highest BCUT2D eigenvalue weighted by Gasteiger charge is 2.25. The third kappa shape index (κ3) is 2.89. The number of hydrogen-bond acceptors (Lipinski definition) is 2. The summed E-state index contributed by atoms with van der Waals surface area (Å²) in [7, 11) is 0. The first-order valence-corrected chi connectivity index (χ1v) is 7.03. The lowest BCUT2D eigenvalue weighted by molar-refractivity contribution is 0.156. The molecule has 2 saturated carbocycles. The zero-order valence-corrected chi connectivity index (χ0v) is 10.4. The molecule has 1 aromatic heterocycles. The Morgan fingerprint density at radius 3 is 2.76 bits per heavy atom. The maximum atomic E-state index is 9.94.